The molecule has 2 rings (SSSR count). The molecule has 86 valence electrons. The predicted molar refractivity (Wildman–Crippen MR) is 65.3 cm³/mol. The van der Waals surface area contributed by atoms with E-state index in [1.807, 2.05) is 18.2 Å². The van der Waals surface area contributed by atoms with Crippen LogP contribution in [0.1, 0.15) is 16.1 Å². The lowest BCUT2D eigenvalue weighted by Gasteiger charge is -2.05. The van der Waals surface area contributed by atoms with E-state index < -0.39 is 0 Å². The zero-order chi connectivity index (χ0) is 11.9. The molecule has 0 saturated heterocycles. The van der Waals surface area contributed by atoms with E-state index in [0.717, 1.165) is 6.42 Å². The summed E-state index contributed by atoms with van der Waals surface area (Å²) in [7, 11) is 0. The van der Waals surface area contributed by atoms with Crippen LogP contribution in [-0.4, -0.2) is 17.9 Å². The summed E-state index contributed by atoms with van der Waals surface area (Å²) in [5.41, 5.74) is 1.66. The Morgan fingerprint density at radius 1 is 1.12 bits per heavy atom. The normalized spacial score (nSPS) is 9.88. The van der Waals surface area contributed by atoms with E-state index in [9.17, 15) is 4.79 Å². The third-order valence-electron chi connectivity index (χ3n) is 2.38. The number of hydrogen-bond donors (Lipinski definition) is 0. The van der Waals surface area contributed by atoms with Crippen molar-refractivity contribution < 1.29 is 9.53 Å². The summed E-state index contributed by atoms with van der Waals surface area (Å²) in [5.74, 6) is 0.687. The number of pyridine rings is 1. The monoisotopic (exact) mass is 227 g/mol. The van der Waals surface area contributed by atoms with Crippen molar-refractivity contribution in [2.24, 2.45) is 0 Å². The quantitative estimate of drug-likeness (QED) is 0.737. The van der Waals surface area contributed by atoms with E-state index >= 15 is 0 Å². The average molecular weight is 227 g/mol. The first-order valence-corrected chi connectivity index (χ1v) is 5.46. The molecule has 0 unspecified atom stereocenters. The minimum Gasteiger partial charge on any atom is -0.492 e. The van der Waals surface area contributed by atoms with Gasteiger partial charge in [-0.2, -0.15) is 0 Å². The highest BCUT2D eigenvalue weighted by atomic mass is 16.5. The fourth-order valence-electron chi connectivity index (χ4n) is 1.48. The molecular formula is C14H13NO2. The van der Waals surface area contributed by atoms with E-state index in [4.69, 9.17) is 4.74 Å². The van der Waals surface area contributed by atoms with Crippen molar-refractivity contribution >= 4 is 6.29 Å². The molecule has 1 heterocycles. The molecule has 0 radical (unpaired) electrons. The number of carbonyl (C=O) groups excluding carboxylic acids is 1. The molecule has 0 spiro atoms. The van der Waals surface area contributed by atoms with Gasteiger partial charge in [-0.25, -0.2) is 4.98 Å². The fraction of sp³-hybridized carbons (Fsp3) is 0.143. The Morgan fingerprint density at radius 3 is 2.59 bits per heavy atom. The number of aldehydes is 1. The van der Waals surface area contributed by atoms with Crippen LogP contribution in [0.3, 0.4) is 0 Å². The maximum absolute atomic E-state index is 10.4. The Kier molecular flexibility index (Phi) is 3.86. The largest absolute Gasteiger partial charge is 0.492 e. The number of ether oxygens (including phenoxy) is 1. The minimum absolute atomic E-state index is 0.417. The highest BCUT2D eigenvalue weighted by Crippen LogP contribution is 2.09. The van der Waals surface area contributed by atoms with Gasteiger partial charge in [0.25, 0.3) is 0 Å². The Bertz CT molecular complexity index is 465. The lowest BCUT2D eigenvalue weighted by molar-refractivity contribution is 0.111. The van der Waals surface area contributed by atoms with Crippen LogP contribution in [0.2, 0.25) is 0 Å². The van der Waals surface area contributed by atoms with E-state index in [1.165, 1.54) is 5.56 Å². The summed E-state index contributed by atoms with van der Waals surface area (Å²) in [6.07, 6.45) is 3.14. The summed E-state index contributed by atoms with van der Waals surface area (Å²) >= 11 is 0. The molecule has 0 aliphatic rings. The minimum atomic E-state index is 0.417. The first kappa shape index (κ1) is 11.3. The van der Waals surface area contributed by atoms with Gasteiger partial charge in [-0.15, -0.1) is 0 Å². The third-order valence-corrected chi connectivity index (χ3v) is 2.38. The molecule has 0 aliphatic carbocycles. The van der Waals surface area contributed by atoms with Crippen molar-refractivity contribution in [2.45, 2.75) is 6.42 Å². The van der Waals surface area contributed by atoms with Crippen LogP contribution in [0.5, 0.6) is 5.75 Å². The molecule has 3 heteroatoms. The molecule has 0 aliphatic heterocycles. The lowest BCUT2D eigenvalue weighted by atomic mass is 10.2. The van der Waals surface area contributed by atoms with Crippen molar-refractivity contribution in [3.63, 3.8) is 0 Å². The average Bonchev–Trinajstić information content (AvgIpc) is 2.41. The van der Waals surface area contributed by atoms with Crippen LogP contribution in [0, 0.1) is 0 Å². The van der Waals surface area contributed by atoms with Gasteiger partial charge < -0.3 is 4.74 Å². The highest BCUT2D eigenvalue weighted by Gasteiger charge is 1.96. The van der Waals surface area contributed by atoms with Crippen LogP contribution in [0.25, 0.3) is 0 Å². The first-order valence-electron chi connectivity index (χ1n) is 5.46. The van der Waals surface area contributed by atoms with Crippen molar-refractivity contribution in [1.82, 2.24) is 4.98 Å². The number of carbonyl (C=O) groups is 1. The van der Waals surface area contributed by atoms with Crippen molar-refractivity contribution in [3.8, 4) is 5.75 Å². The molecule has 1 aromatic carbocycles. The number of hydrogen-bond acceptors (Lipinski definition) is 3. The van der Waals surface area contributed by atoms with Gasteiger partial charge in [-0.3, -0.25) is 4.79 Å². The molecule has 1 aromatic heterocycles. The summed E-state index contributed by atoms with van der Waals surface area (Å²) in [4.78, 5) is 14.3. The molecule has 3 nitrogen and oxygen atoms in total. The molecule has 0 fully saturated rings. The van der Waals surface area contributed by atoms with Crippen LogP contribution in [-0.2, 0) is 6.42 Å². The number of rotatable bonds is 5. The predicted octanol–water partition coefficient (Wildman–Crippen LogP) is 2.52. The smallest absolute Gasteiger partial charge is 0.168 e. The van der Waals surface area contributed by atoms with E-state index in [1.54, 1.807) is 18.3 Å². The Hall–Kier alpha value is -2.16. The van der Waals surface area contributed by atoms with Gasteiger partial charge in [-0.05, 0) is 17.7 Å². The summed E-state index contributed by atoms with van der Waals surface area (Å²) < 4.78 is 5.53. The zero-order valence-electron chi connectivity index (χ0n) is 9.37. The molecule has 0 amide bonds. The molecular weight excluding hydrogens is 214 g/mol. The van der Waals surface area contributed by atoms with Gasteiger partial charge >= 0.3 is 0 Å². The SMILES string of the molecule is O=Cc1ccc(OCCc2ccccc2)cn1. The standard InChI is InChI=1S/C14H13NO2/c16-11-13-6-7-14(10-15-13)17-9-8-12-4-2-1-3-5-12/h1-7,10-11H,8-9H2. The summed E-state index contributed by atoms with van der Waals surface area (Å²) in [6, 6.07) is 13.5. The van der Waals surface area contributed by atoms with Gasteiger partial charge in [0.1, 0.15) is 11.4 Å². The molecule has 17 heavy (non-hydrogen) atoms. The lowest BCUT2D eigenvalue weighted by Crippen LogP contribution is -2.01. The van der Waals surface area contributed by atoms with E-state index in [0.29, 0.717) is 24.3 Å². The van der Waals surface area contributed by atoms with Crippen LogP contribution in [0.4, 0.5) is 0 Å². The van der Waals surface area contributed by atoms with Crippen LogP contribution < -0.4 is 4.74 Å². The van der Waals surface area contributed by atoms with E-state index in [-0.39, 0.29) is 0 Å². The van der Waals surface area contributed by atoms with Crippen molar-refractivity contribution in [1.29, 1.82) is 0 Å². The van der Waals surface area contributed by atoms with Gasteiger partial charge in [0, 0.05) is 6.42 Å². The third kappa shape index (κ3) is 3.41. The maximum Gasteiger partial charge on any atom is 0.168 e. The highest BCUT2D eigenvalue weighted by molar-refractivity contribution is 5.71. The van der Waals surface area contributed by atoms with E-state index in [2.05, 4.69) is 17.1 Å². The van der Waals surface area contributed by atoms with Gasteiger partial charge in [0.15, 0.2) is 6.29 Å². The Balaban J connectivity index is 1.84. The fourth-order valence-corrected chi connectivity index (χ4v) is 1.48. The number of aromatic nitrogens is 1. The van der Waals surface area contributed by atoms with Gasteiger partial charge in [0.05, 0.1) is 12.8 Å². The zero-order valence-corrected chi connectivity index (χ0v) is 9.37. The van der Waals surface area contributed by atoms with Gasteiger partial charge in [0.2, 0.25) is 0 Å². The second kappa shape index (κ2) is 5.80. The molecule has 0 N–H and O–H groups in total. The summed E-state index contributed by atoms with van der Waals surface area (Å²) in [5, 5.41) is 0. The first-order chi connectivity index (χ1) is 8.38. The topological polar surface area (TPSA) is 39.2 Å². The Morgan fingerprint density at radius 2 is 1.94 bits per heavy atom. The van der Waals surface area contributed by atoms with Crippen LogP contribution >= 0.6 is 0 Å². The molecule has 0 atom stereocenters. The number of benzene rings is 1. The molecule has 0 bridgehead atoms. The van der Waals surface area contributed by atoms with Crippen molar-refractivity contribution in [3.05, 3.63) is 59.9 Å². The summed E-state index contributed by atoms with van der Waals surface area (Å²) in [6.45, 7) is 0.603. The molecule has 0 saturated carbocycles. The molecule has 2 aromatic rings. The van der Waals surface area contributed by atoms with Gasteiger partial charge in [-0.1, -0.05) is 30.3 Å². The second-order valence-corrected chi connectivity index (χ2v) is 3.62. The maximum atomic E-state index is 10.4. The number of nitrogens with zero attached hydrogens (tertiary/aromatic N) is 1. The Labute approximate surface area is 100 Å². The van der Waals surface area contributed by atoms with Crippen LogP contribution in [0.15, 0.2) is 48.7 Å². The second-order valence-electron chi connectivity index (χ2n) is 3.62. The van der Waals surface area contributed by atoms with Crippen molar-refractivity contribution in [2.75, 3.05) is 6.61 Å².